The molecule has 0 amide bonds. The Morgan fingerprint density at radius 2 is 2.42 bits per heavy atom. The summed E-state index contributed by atoms with van der Waals surface area (Å²) in [7, 11) is 1.46. The van der Waals surface area contributed by atoms with Crippen molar-refractivity contribution in [1.82, 2.24) is 10.3 Å². The van der Waals surface area contributed by atoms with Crippen LogP contribution in [0, 0.1) is 16.0 Å². The number of rotatable bonds is 6. The molecule has 0 radical (unpaired) electrons. The Morgan fingerprint density at radius 1 is 1.58 bits per heavy atom. The molecule has 1 aliphatic rings. The van der Waals surface area contributed by atoms with Crippen molar-refractivity contribution in [2.45, 2.75) is 12.8 Å². The lowest BCUT2D eigenvalue weighted by Crippen LogP contribution is -2.12. The maximum atomic E-state index is 10.9. The number of hydrogen-bond acceptors (Lipinski definition) is 6. The number of hydrogen-bond donors (Lipinski definition) is 1. The molecular weight excluding hydrogens is 250 g/mol. The highest BCUT2D eigenvalue weighted by Gasteiger charge is 2.19. The summed E-state index contributed by atoms with van der Waals surface area (Å²) in [5.41, 5.74) is -0.134. The van der Waals surface area contributed by atoms with Crippen molar-refractivity contribution < 1.29 is 14.4 Å². The molecule has 104 valence electrons. The van der Waals surface area contributed by atoms with Gasteiger partial charge in [0.15, 0.2) is 0 Å². The maximum Gasteiger partial charge on any atom is 0.331 e. The number of methoxy groups -OCH3 is 1. The fourth-order valence-corrected chi connectivity index (χ4v) is 2.06. The van der Waals surface area contributed by atoms with Crippen LogP contribution < -0.4 is 14.8 Å². The third-order valence-electron chi connectivity index (χ3n) is 3.15. The maximum absolute atomic E-state index is 10.9. The summed E-state index contributed by atoms with van der Waals surface area (Å²) in [6.07, 6.45) is 1.99. The molecule has 0 spiro atoms. The first-order valence-corrected chi connectivity index (χ1v) is 6.23. The number of pyridine rings is 1. The van der Waals surface area contributed by atoms with Gasteiger partial charge in [0.05, 0.1) is 18.6 Å². The van der Waals surface area contributed by atoms with Crippen LogP contribution >= 0.6 is 0 Å². The highest BCUT2D eigenvalue weighted by Crippen LogP contribution is 2.27. The normalized spacial score (nSPS) is 18.3. The third kappa shape index (κ3) is 3.54. The van der Waals surface area contributed by atoms with Crippen molar-refractivity contribution >= 4 is 5.69 Å². The lowest BCUT2D eigenvalue weighted by molar-refractivity contribution is -0.386. The van der Waals surface area contributed by atoms with E-state index in [1.165, 1.54) is 19.2 Å². The summed E-state index contributed by atoms with van der Waals surface area (Å²) in [6.45, 7) is 2.44. The SMILES string of the molecule is COc1ccc([N+](=O)[O-])c(OCCC2CCNC2)n1. The molecule has 1 saturated heterocycles. The predicted octanol–water partition coefficient (Wildman–Crippen LogP) is 1.38. The quantitative estimate of drug-likeness (QED) is 0.619. The zero-order valence-electron chi connectivity index (χ0n) is 10.8. The van der Waals surface area contributed by atoms with E-state index in [1.807, 2.05) is 0 Å². The minimum atomic E-state index is -0.501. The van der Waals surface area contributed by atoms with Crippen molar-refractivity contribution in [2.75, 3.05) is 26.8 Å². The van der Waals surface area contributed by atoms with E-state index in [-0.39, 0.29) is 11.6 Å². The second-order valence-corrected chi connectivity index (χ2v) is 4.43. The zero-order valence-corrected chi connectivity index (χ0v) is 10.8. The Kier molecular flexibility index (Phi) is 4.51. The van der Waals surface area contributed by atoms with Gasteiger partial charge in [0.2, 0.25) is 5.88 Å². The van der Waals surface area contributed by atoms with Crippen LogP contribution in [0.15, 0.2) is 12.1 Å². The van der Waals surface area contributed by atoms with Crippen molar-refractivity contribution in [3.63, 3.8) is 0 Å². The highest BCUT2D eigenvalue weighted by molar-refractivity contribution is 5.42. The Hall–Kier alpha value is -1.89. The molecule has 0 aromatic carbocycles. The first-order chi connectivity index (χ1) is 9.20. The van der Waals surface area contributed by atoms with Gasteiger partial charge >= 0.3 is 5.69 Å². The molecular formula is C12H17N3O4. The van der Waals surface area contributed by atoms with E-state index < -0.39 is 4.92 Å². The third-order valence-corrected chi connectivity index (χ3v) is 3.15. The van der Waals surface area contributed by atoms with E-state index in [9.17, 15) is 10.1 Å². The van der Waals surface area contributed by atoms with Gasteiger partial charge < -0.3 is 14.8 Å². The van der Waals surface area contributed by atoms with E-state index in [0.717, 1.165) is 25.9 Å². The molecule has 0 bridgehead atoms. The Labute approximate surface area is 111 Å². The molecule has 0 saturated carbocycles. The predicted molar refractivity (Wildman–Crippen MR) is 68.5 cm³/mol. The largest absolute Gasteiger partial charge is 0.481 e. The molecule has 2 rings (SSSR count). The number of nitrogens with one attached hydrogen (secondary N) is 1. The summed E-state index contributed by atoms with van der Waals surface area (Å²) in [4.78, 5) is 14.3. The summed E-state index contributed by atoms with van der Waals surface area (Å²) in [5.74, 6) is 0.906. The standard InChI is InChI=1S/C12H17N3O4/c1-18-11-3-2-10(15(16)17)12(14-11)19-7-5-9-4-6-13-8-9/h2-3,9,13H,4-8H2,1H3. The van der Waals surface area contributed by atoms with Crippen LogP contribution in [0.4, 0.5) is 5.69 Å². The number of nitro groups is 1. The minimum Gasteiger partial charge on any atom is -0.481 e. The monoisotopic (exact) mass is 267 g/mol. The molecule has 1 fully saturated rings. The molecule has 2 heterocycles. The Balaban J connectivity index is 1.98. The first-order valence-electron chi connectivity index (χ1n) is 6.23. The molecule has 1 aliphatic heterocycles. The van der Waals surface area contributed by atoms with Gasteiger partial charge in [-0.2, -0.15) is 4.98 Å². The topological polar surface area (TPSA) is 86.5 Å². The number of ether oxygens (including phenoxy) is 2. The molecule has 0 aliphatic carbocycles. The van der Waals surface area contributed by atoms with Gasteiger partial charge in [-0.15, -0.1) is 0 Å². The van der Waals surface area contributed by atoms with Crippen molar-refractivity contribution in [3.8, 4) is 11.8 Å². The Bertz CT molecular complexity index is 447. The van der Waals surface area contributed by atoms with Crippen LogP contribution in [0.3, 0.4) is 0 Å². The van der Waals surface area contributed by atoms with E-state index in [4.69, 9.17) is 9.47 Å². The van der Waals surface area contributed by atoms with Crippen LogP contribution in [0.1, 0.15) is 12.8 Å². The van der Waals surface area contributed by atoms with Crippen LogP contribution in [0.2, 0.25) is 0 Å². The van der Waals surface area contributed by atoms with Crippen LogP contribution in [0.5, 0.6) is 11.8 Å². The van der Waals surface area contributed by atoms with Gasteiger partial charge in [-0.05, 0) is 31.8 Å². The Morgan fingerprint density at radius 3 is 3.05 bits per heavy atom. The van der Waals surface area contributed by atoms with Crippen molar-refractivity contribution in [1.29, 1.82) is 0 Å². The zero-order chi connectivity index (χ0) is 13.7. The molecule has 1 aromatic rings. The molecule has 1 unspecified atom stereocenters. The summed E-state index contributed by atoms with van der Waals surface area (Å²) >= 11 is 0. The molecule has 7 nitrogen and oxygen atoms in total. The highest BCUT2D eigenvalue weighted by atomic mass is 16.6. The lowest BCUT2D eigenvalue weighted by Gasteiger charge is -2.10. The van der Waals surface area contributed by atoms with Crippen LogP contribution in [-0.2, 0) is 0 Å². The lowest BCUT2D eigenvalue weighted by atomic mass is 10.1. The van der Waals surface area contributed by atoms with E-state index in [0.29, 0.717) is 18.4 Å². The average Bonchev–Trinajstić information content (AvgIpc) is 2.91. The fourth-order valence-electron chi connectivity index (χ4n) is 2.06. The second-order valence-electron chi connectivity index (χ2n) is 4.43. The second kappa shape index (κ2) is 6.33. The fraction of sp³-hybridized carbons (Fsp3) is 0.583. The van der Waals surface area contributed by atoms with E-state index in [1.54, 1.807) is 0 Å². The van der Waals surface area contributed by atoms with E-state index in [2.05, 4.69) is 10.3 Å². The average molecular weight is 267 g/mol. The van der Waals surface area contributed by atoms with Gasteiger partial charge in [-0.25, -0.2) is 0 Å². The van der Waals surface area contributed by atoms with Gasteiger partial charge in [0, 0.05) is 12.1 Å². The molecule has 1 atom stereocenters. The van der Waals surface area contributed by atoms with Crippen molar-refractivity contribution in [2.24, 2.45) is 5.92 Å². The van der Waals surface area contributed by atoms with Gasteiger partial charge in [0.25, 0.3) is 5.88 Å². The van der Waals surface area contributed by atoms with Gasteiger partial charge in [-0.3, -0.25) is 10.1 Å². The van der Waals surface area contributed by atoms with Crippen LogP contribution in [-0.4, -0.2) is 36.7 Å². The molecule has 19 heavy (non-hydrogen) atoms. The van der Waals surface area contributed by atoms with Crippen molar-refractivity contribution in [3.05, 3.63) is 22.2 Å². The minimum absolute atomic E-state index is 0.0234. The number of nitrogens with zero attached hydrogens (tertiary/aromatic N) is 2. The molecule has 1 aromatic heterocycles. The summed E-state index contributed by atoms with van der Waals surface area (Å²) in [5, 5.41) is 14.1. The number of aromatic nitrogens is 1. The van der Waals surface area contributed by atoms with Gasteiger partial charge in [0.1, 0.15) is 0 Å². The molecule has 1 N–H and O–H groups in total. The molecule has 7 heteroatoms. The summed E-state index contributed by atoms with van der Waals surface area (Å²) < 4.78 is 10.4. The summed E-state index contributed by atoms with van der Waals surface area (Å²) in [6, 6.07) is 2.80. The first kappa shape index (κ1) is 13.5. The van der Waals surface area contributed by atoms with Gasteiger partial charge in [-0.1, -0.05) is 0 Å². The van der Waals surface area contributed by atoms with E-state index >= 15 is 0 Å². The smallest absolute Gasteiger partial charge is 0.331 e. The van der Waals surface area contributed by atoms with Crippen LogP contribution in [0.25, 0.3) is 0 Å².